The van der Waals surface area contributed by atoms with Gasteiger partial charge in [0.2, 0.25) is 0 Å². The molecule has 0 saturated carbocycles. The lowest BCUT2D eigenvalue weighted by Crippen LogP contribution is -2.12. The van der Waals surface area contributed by atoms with Gasteiger partial charge in [-0.25, -0.2) is 4.98 Å². The highest BCUT2D eigenvalue weighted by molar-refractivity contribution is 9.10. The van der Waals surface area contributed by atoms with Crippen molar-refractivity contribution in [1.29, 1.82) is 0 Å². The molecule has 5 nitrogen and oxygen atoms in total. The van der Waals surface area contributed by atoms with Crippen LogP contribution >= 0.6 is 15.9 Å². The number of nitrogens with one attached hydrogen (secondary N) is 1. The van der Waals surface area contributed by atoms with Crippen LogP contribution in [0.4, 0.5) is 0 Å². The smallest absolute Gasteiger partial charge is 0.265 e. The minimum absolute atomic E-state index is 0.151. The molecule has 2 heterocycles. The Labute approximate surface area is 130 Å². The number of aromatic amines is 1. The van der Waals surface area contributed by atoms with Crippen molar-refractivity contribution in [3.8, 4) is 22.9 Å². The van der Waals surface area contributed by atoms with E-state index in [1.165, 1.54) is 0 Å². The molecule has 0 amide bonds. The van der Waals surface area contributed by atoms with Crippen LogP contribution < -0.4 is 15.0 Å². The van der Waals surface area contributed by atoms with Crippen LogP contribution in [0.2, 0.25) is 0 Å². The molecule has 0 saturated heterocycles. The van der Waals surface area contributed by atoms with Crippen LogP contribution in [0.25, 0.3) is 11.4 Å². The molecule has 0 bridgehead atoms. The average molecular weight is 351 g/mol. The lowest BCUT2D eigenvalue weighted by molar-refractivity contribution is 0.254. The van der Waals surface area contributed by atoms with E-state index >= 15 is 0 Å². The Morgan fingerprint density at radius 1 is 1.48 bits per heavy atom. The molecular formula is C15H15BrN2O3. The molecule has 0 aliphatic carbocycles. The van der Waals surface area contributed by atoms with Gasteiger partial charge in [-0.3, -0.25) is 4.79 Å². The Balaban J connectivity index is 2.19. The summed E-state index contributed by atoms with van der Waals surface area (Å²) in [6.07, 6.45) is 1.01. The van der Waals surface area contributed by atoms with E-state index in [1.54, 1.807) is 14.0 Å². The predicted molar refractivity (Wildman–Crippen MR) is 83.1 cm³/mol. The molecule has 1 atom stereocenters. The fourth-order valence-electron chi connectivity index (χ4n) is 2.49. The number of fused-ring (bicyclic) bond motifs is 1. The topological polar surface area (TPSA) is 64.2 Å². The van der Waals surface area contributed by atoms with Crippen LogP contribution in [-0.2, 0) is 6.42 Å². The van der Waals surface area contributed by atoms with Gasteiger partial charge in [0.1, 0.15) is 27.9 Å². The molecule has 1 aromatic heterocycles. The second-order valence-corrected chi connectivity index (χ2v) is 5.90. The number of H-pyrrole nitrogens is 1. The summed E-state index contributed by atoms with van der Waals surface area (Å²) in [5, 5.41) is 0. The van der Waals surface area contributed by atoms with Crippen LogP contribution in [0.15, 0.2) is 21.4 Å². The number of aromatic nitrogens is 2. The van der Waals surface area contributed by atoms with Gasteiger partial charge < -0.3 is 14.5 Å². The summed E-state index contributed by atoms with van der Waals surface area (Å²) in [5.41, 5.74) is 2.25. The van der Waals surface area contributed by atoms with E-state index in [0.29, 0.717) is 21.7 Å². The van der Waals surface area contributed by atoms with E-state index in [-0.39, 0.29) is 11.7 Å². The van der Waals surface area contributed by atoms with Gasteiger partial charge in [0.05, 0.1) is 18.4 Å². The maximum Gasteiger partial charge on any atom is 0.265 e. The van der Waals surface area contributed by atoms with E-state index in [2.05, 4.69) is 25.9 Å². The molecular weight excluding hydrogens is 336 g/mol. The number of hydrogen-bond donors (Lipinski definition) is 1. The van der Waals surface area contributed by atoms with Gasteiger partial charge in [-0.1, -0.05) is 0 Å². The molecule has 1 unspecified atom stereocenters. The van der Waals surface area contributed by atoms with Gasteiger partial charge in [-0.15, -0.1) is 0 Å². The second kappa shape index (κ2) is 5.18. The zero-order chi connectivity index (χ0) is 15.1. The van der Waals surface area contributed by atoms with Crippen LogP contribution in [0, 0.1) is 6.92 Å². The summed E-state index contributed by atoms with van der Waals surface area (Å²) in [6, 6.07) is 3.83. The van der Waals surface area contributed by atoms with Crippen molar-refractivity contribution >= 4 is 15.9 Å². The maximum atomic E-state index is 11.9. The number of aryl methyl sites for hydroxylation is 1. The third kappa shape index (κ3) is 2.44. The first-order valence-corrected chi connectivity index (χ1v) is 7.43. The molecule has 6 heteroatoms. The Hall–Kier alpha value is -1.82. The lowest BCUT2D eigenvalue weighted by Gasteiger charge is -2.11. The van der Waals surface area contributed by atoms with Gasteiger partial charge in [0.15, 0.2) is 0 Å². The molecule has 2 aromatic rings. The quantitative estimate of drug-likeness (QED) is 0.904. The van der Waals surface area contributed by atoms with Crippen molar-refractivity contribution in [2.45, 2.75) is 26.4 Å². The van der Waals surface area contributed by atoms with Gasteiger partial charge in [0, 0.05) is 12.0 Å². The fraction of sp³-hybridized carbons (Fsp3) is 0.333. The number of methoxy groups -OCH3 is 1. The van der Waals surface area contributed by atoms with E-state index in [4.69, 9.17) is 9.47 Å². The van der Waals surface area contributed by atoms with E-state index in [9.17, 15) is 4.79 Å². The molecule has 1 aromatic carbocycles. The van der Waals surface area contributed by atoms with Gasteiger partial charge in [-0.05, 0) is 41.9 Å². The summed E-state index contributed by atoms with van der Waals surface area (Å²) in [5.74, 6) is 1.97. The first-order chi connectivity index (χ1) is 9.99. The van der Waals surface area contributed by atoms with Crippen molar-refractivity contribution in [3.63, 3.8) is 0 Å². The molecule has 1 aliphatic rings. The Bertz CT molecular complexity index is 770. The standard InChI is InChI=1S/C15H15BrN2O3/c1-7-4-9-5-12(20-3)10(6-11(9)21-7)14-17-8(2)13(16)15(19)18-14/h5-7H,4H2,1-3H3,(H,17,18,19). The van der Waals surface area contributed by atoms with Crippen molar-refractivity contribution in [2.75, 3.05) is 7.11 Å². The summed E-state index contributed by atoms with van der Waals surface area (Å²) in [4.78, 5) is 19.1. The van der Waals surface area contributed by atoms with Crippen LogP contribution in [-0.4, -0.2) is 23.2 Å². The highest BCUT2D eigenvalue weighted by Crippen LogP contribution is 2.38. The van der Waals surface area contributed by atoms with E-state index in [1.807, 2.05) is 19.1 Å². The summed E-state index contributed by atoms with van der Waals surface area (Å²) in [7, 11) is 1.61. The number of rotatable bonds is 2. The highest BCUT2D eigenvalue weighted by Gasteiger charge is 2.23. The molecule has 110 valence electrons. The first-order valence-electron chi connectivity index (χ1n) is 6.64. The lowest BCUT2D eigenvalue weighted by atomic mass is 10.1. The van der Waals surface area contributed by atoms with Crippen molar-refractivity contribution in [2.24, 2.45) is 0 Å². The minimum Gasteiger partial charge on any atom is -0.496 e. The summed E-state index contributed by atoms with van der Waals surface area (Å²) >= 11 is 3.22. The van der Waals surface area contributed by atoms with Gasteiger partial charge in [0.25, 0.3) is 5.56 Å². The molecule has 0 spiro atoms. The zero-order valence-electron chi connectivity index (χ0n) is 12.0. The van der Waals surface area contributed by atoms with Gasteiger partial charge >= 0.3 is 0 Å². The van der Waals surface area contributed by atoms with E-state index in [0.717, 1.165) is 23.3 Å². The summed E-state index contributed by atoms with van der Waals surface area (Å²) < 4.78 is 11.6. The third-order valence-corrected chi connectivity index (χ3v) is 4.44. The molecule has 0 fully saturated rings. The Morgan fingerprint density at radius 3 is 2.90 bits per heavy atom. The molecule has 1 aliphatic heterocycles. The number of halogens is 1. The summed E-state index contributed by atoms with van der Waals surface area (Å²) in [6.45, 7) is 3.80. The van der Waals surface area contributed by atoms with Crippen LogP contribution in [0.1, 0.15) is 18.2 Å². The molecule has 21 heavy (non-hydrogen) atoms. The van der Waals surface area contributed by atoms with E-state index < -0.39 is 0 Å². The maximum absolute atomic E-state index is 11.9. The van der Waals surface area contributed by atoms with Crippen LogP contribution in [0.3, 0.4) is 0 Å². The largest absolute Gasteiger partial charge is 0.496 e. The highest BCUT2D eigenvalue weighted by atomic mass is 79.9. The molecule has 1 N–H and O–H groups in total. The normalized spacial score (nSPS) is 16.5. The zero-order valence-corrected chi connectivity index (χ0v) is 13.6. The number of ether oxygens (including phenoxy) is 2. The first kappa shape index (κ1) is 14.1. The third-order valence-electron chi connectivity index (χ3n) is 3.50. The second-order valence-electron chi connectivity index (χ2n) is 5.11. The Morgan fingerprint density at radius 2 is 2.24 bits per heavy atom. The number of nitrogens with zero attached hydrogens (tertiary/aromatic N) is 1. The number of hydrogen-bond acceptors (Lipinski definition) is 4. The van der Waals surface area contributed by atoms with Crippen molar-refractivity contribution in [3.05, 3.63) is 38.2 Å². The Kier molecular flexibility index (Phi) is 3.49. The van der Waals surface area contributed by atoms with Gasteiger partial charge in [-0.2, -0.15) is 0 Å². The van der Waals surface area contributed by atoms with Crippen molar-refractivity contribution < 1.29 is 9.47 Å². The van der Waals surface area contributed by atoms with Crippen LogP contribution in [0.5, 0.6) is 11.5 Å². The molecule has 0 radical (unpaired) electrons. The number of benzene rings is 1. The van der Waals surface area contributed by atoms with Crippen molar-refractivity contribution in [1.82, 2.24) is 9.97 Å². The molecule has 3 rings (SSSR count). The minimum atomic E-state index is -0.214. The monoisotopic (exact) mass is 350 g/mol. The fourth-order valence-corrected chi connectivity index (χ4v) is 2.68. The average Bonchev–Trinajstić information content (AvgIpc) is 2.81. The predicted octanol–water partition coefficient (Wildman–Crippen LogP) is 2.84. The SMILES string of the molecule is COc1cc2c(cc1-c1nc(C)c(Br)c(=O)[nH]1)OC(C)C2.